The Labute approximate surface area is 257 Å². The van der Waals surface area contributed by atoms with Crippen molar-refractivity contribution in [3.8, 4) is 5.75 Å². The van der Waals surface area contributed by atoms with Crippen LogP contribution in [0.15, 0.2) is 105 Å². The van der Waals surface area contributed by atoms with Gasteiger partial charge in [-0.2, -0.15) is 0 Å². The molecule has 2 heterocycles. The molecule has 0 radical (unpaired) electrons. The first-order valence-electron chi connectivity index (χ1n) is 12.5. The zero-order chi connectivity index (χ0) is 28.2. The van der Waals surface area contributed by atoms with Crippen molar-refractivity contribution >= 4 is 67.6 Å². The van der Waals surface area contributed by atoms with Crippen LogP contribution in [0.2, 0.25) is 0 Å². The van der Waals surface area contributed by atoms with Gasteiger partial charge in [0.15, 0.2) is 4.80 Å². The Hall–Kier alpha value is -3.28. The summed E-state index contributed by atoms with van der Waals surface area (Å²) in [7, 11) is 0. The van der Waals surface area contributed by atoms with E-state index in [-0.39, 0.29) is 12.2 Å². The van der Waals surface area contributed by atoms with Crippen LogP contribution in [0.4, 0.5) is 0 Å². The van der Waals surface area contributed by atoms with Crippen molar-refractivity contribution in [1.29, 1.82) is 0 Å². The van der Waals surface area contributed by atoms with Gasteiger partial charge in [-0.1, -0.05) is 101 Å². The summed E-state index contributed by atoms with van der Waals surface area (Å²) in [6.45, 7) is 6.04. The van der Waals surface area contributed by atoms with Gasteiger partial charge < -0.3 is 9.47 Å². The fraction of sp³-hybridized carbons (Fsp3) is 0.129. The van der Waals surface area contributed by atoms with Gasteiger partial charge in [-0.3, -0.25) is 9.36 Å². The lowest BCUT2D eigenvalue weighted by Gasteiger charge is -2.25. The van der Waals surface area contributed by atoms with Crippen molar-refractivity contribution in [1.82, 2.24) is 4.57 Å². The minimum atomic E-state index is -0.715. The fourth-order valence-electron chi connectivity index (χ4n) is 4.51. The van der Waals surface area contributed by atoms with E-state index in [4.69, 9.17) is 14.5 Å². The van der Waals surface area contributed by atoms with Gasteiger partial charge in [-0.05, 0) is 53.3 Å². The van der Waals surface area contributed by atoms with Crippen LogP contribution in [-0.4, -0.2) is 23.8 Å². The first-order chi connectivity index (χ1) is 19.4. The van der Waals surface area contributed by atoms with Crippen LogP contribution in [0.3, 0.4) is 0 Å². The van der Waals surface area contributed by atoms with E-state index in [1.165, 1.54) is 11.3 Å². The first-order valence-corrected chi connectivity index (χ1v) is 15.2. The molecule has 0 aliphatic carbocycles. The maximum absolute atomic E-state index is 14.1. The molecule has 0 N–H and O–H groups in total. The Morgan fingerprint density at radius 3 is 2.52 bits per heavy atom. The molecule has 0 fully saturated rings. The average molecular weight is 727 g/mol. The second kappa shape index (κ2) is 12.5. The van der Waals surface area contributed by atoms with E-state index in [0.717, 1.165) is 24.7 Å². The SMILES string of the molecule is C=CCOc1c(I)cc(Br)cc1/C=c1\sc2n(c1=O)[C@H](c1ccccc1)C(C(=O)OCC)=C(c1ccccc1)N=2. The zero-order valence-electron chi connectivity index (χ0n) is 21.5. The summed E-state index contributed by atoms with van der Waals surface area (Å²) in [5.74, 6) is 0.154. The summed E-state index contributed by atoms with van der Waals surface area (Å²) in [6.07, 6.45) is 3.49. The molecule has 4 aromatic rings. The van der Waals surface area contributed by atoms with Gasteiger partial charge in [0.25, 0.3) is 5.56 Å². The quantitative estimate of drug-likeness (QED) is 0.130. The summed E-state index contributed by atoms with van der Waals surface area (Å²) < 4.78 is 15.3. The fourth-order valence-corrected chi connectivity index (χ4v) is 7.21. The predicted octanol–water partition coefficient (Wildman–Crippen LogP) is 5.87. The van der Waals surface area contributed by atoms with Gasteiger partial charge >= 0.3 is 5.97 Å². The van der Waals surface area contributed by atoms with Crippen LogP contribution in [0.1, 0.15) is 29.7 Å². The van der Waals surface area contributed by atoms with Gasteiger partial charge in [-0.25, -0.2) is 9.79 Å². The minimum absolute atomic E-state index is 0.200. The predicted molar refractivity (Wildman–Crippen MR) is 170 cm³/mol. The number of ether oxygens (including phenoxy) is 2. The van der Waals surface area contributed by atoms with Crippen molar-refractivity contribution < 1.29 is 14.3 Å². The van der Waals surface area contributed by atoms with Crippen molar-refractivity contribution in [3.63, 3.8) is 0 Å². The Kier molecular flexibility index (Phi) is 8.82. The third kappa shape index (κ3) is 5.63. The number of thiazole rings is 1. The number of fused-ring (bicyclic) bond motifs is 1. The Bertz CT molecular complexity index is 1800. The molecule has 0 bridgehead atoms. The van der Waals surface area contributed by atoms with Crippen molar-refractivity contribution in [2.24, 2.45) is 4.99 Å². The van der Waals surface area contributed by atoms with Gasteiger partial charge in [0.2, 0.25) is 0 Å². The van der Waals surface area contributed by atoms with Crippen LogP contribution >= 0.6 is 49.9 Å². The Balaban J connectivity index is 1.81. The number of benzene rings is 3. The van der Waals surface area contributed by atoms with Gasteiger partial charge in [0.1, 0.15) is 12.4 Å². The molecule has 40 heavy (non-hydrogen) atoms. The third-order valence-corrected chi connectivity index (χ3v) is 8.40. The van der Waals surface area contributed by atoms with E-state index in [1.807, 2.05) is 78.9 Å². The van der Waals surface area contributed by atoms with Crippen molar-refractivity contribution in [3.05, 3.63) is 135 Å². The molecule has 1 aromatic heterocycles. The van der Waals surface area contributed by atoms with Crippen molar-refractivity contribution in [2.75, 3.05) is 13.2 Å². The van der Waals surface area contributed by atoms with Gasteiger partial charge in [0, 0.05) is 15.6 Å². The van der Waals surface area contributed by atoms with E-state index < -0.39 is 12.0 Å². The normalized spacial score (nSPS) is 14.9. The number of carbonyl (C=O) groups excluding carboxylic acids is 1. The molecule has 3 aromatic carbocycles. The number of hydrogen-bond acceptors (Lipinski definition) is 6. The molecule has 5 rings (SSSR count). The lowest BCUT2D eigenvalue weighted by atomic mass is 9.93. The van der Waals surface area contributed by atoms with Gasteiger partial charge in [0.05, 0.1) is 32.0 Å². The second-order valence-corrected chi connectivity index (χ2v) is 11.8. The smallest absolute Gasteiger partial charge is 0.338 e. The summed E-state index contributed by atoms with van der Waals surface area (Å²) in [5.41, 5.74) is 2.86. The lowest BCUT2D eigenvalue weighted by Crippen LogP contribution is -2.40. The molecule has 202 valence electrons. The molecule has 0 spiro atoms. The minimum Gasteiger partial charge on any atom is -0.488 e. The monoisotopic (exact) mass is 726 g/mol. The largest absolute Gasteiger partial charge is 0.488 e. The topological polar surface area (TPSA) is 69.9 Å². The molecule has 0 saturated heterocycles. The Morgan fingerprint density at radius 2 is 1.85 bits per heavy atom. The lowest BCUT2D eigenvalue weighted by molar-refractivity contribution is -0.138. The summed E-state index contributed by atoms with van der Waals surface area (Å²) in [4.78, 5) is 33.0. The molecule has 1 aliphatic heterocycles. The molecule has 0 amide bonds. The van der Waals surface area contributed by atoms with E-state index in [1.54, 1.807) is 17.6 Å². The maximum Gasteiger partial charge on any atom is 0.338 e. The van der Waals surface area contributed by atoms with Crippen LogP contribution in [0.5, 0.6) is 5.75 Å². The highest BCUT2D eigenvalue weighted by Gasteiger charge is 2.35. The van der Waals surface area contributed by atoms with Crippen LogP contribution < -0.4 is 19.6 Å². The number of esters is 1. The summed E-state index contributed by atoms with van der Waals surface area (Å²) in [6, 6.07) is 22.2. The number of hydrogen-bond donors (Lipinski definition) is 0. The van der Waals surface area contributed by atoms with Crippen LogP contribution in [0.25, 0.3) is 11.8 Å². The molecule has 6 nitrogen and oxygen atoms in total. The third-order valence-electron chi connectivity index (χ3n) is 6.16. The standard InChI is InChI=1S/C31H24BrIN2O4S/c1-3-15-39-28-21(16-22(32)18-23(28)33)17-24-29(36)35-27(20-13-9-6-10-14-20)25(30(37)38-4-2)26(34-31(35)40-24)19-11-7-5-8-12-19/h3,5-14,16-18,27H,1,4,15H2,2H3/b24-17-/t27-/m1/s1. The zero-order valence-corrected chi connectivity index (χ0v) is 26.0. The molecular weight excluding hydrogens is 703 g/mol. The summed E-state index contributed by atoms with van der Waals surface area (Å²) >= 11 is 7.04. The first kappa shape index (κ1) is 28.3. The number of nitrogens with zero attached hydrogens (tertiary/aromatic N) is 2. The summed E-state index contributed by atoms with van der Waals surface area (Å²) in [5, 5.41) is 0. The highest BCUT2D eigenvalue weighted by atomic mass is 127. The highest BCUT2D eigenvalue weighted by molar-refractivity contribution is 14.1. The van der Waals surface area contributed by atoms with E-state index in [0.29, 0.717) is 33.0 Å². The number of aromatic nitrogens is 1. The van der Waals surface area contributed by atoms with Crippen molar-refractivity contribution in [2.45, 2.75) is 13.0 Å². The maximum atomic E-state index is 14.1. The second-order valence-electron chi connectivity index (χ2n) is 8.75. The molecule has 1 atom stereocenters. The van der Waals surface area contributed by atoms with E-state index in [2.05, 4.69) is 45.1 Å². The molecular formula is C31H24BrIN2O4S. The molecule has 0 unspecified atom stereocenters. The molecule has 1 aliphatic rings. The number of rotatable bonds is 8. The Morgan fingerprint density at radius 1 is 1.15 bits per heavy atom. The van der Waals surface area contributed by atoms with Crippen LogP contribution in [0, 0.1) is 3.57 Å². The van der Waals surface area contributed by atoms with E-state index in [9.17, 15) is 9.59 Å². The number of halogens is 2. The molecule has 9 heteroatoms. The average Bonchev–Trinajstić information content (AvgIpc) is 3.27. The van der Waals surface area contributed by atoms with Gasteiger partial charge in [-0.15, -0.1) is 0 Å². The number of carbonyl (C=O) groups is 1. The molecule has 0 saturated carbocycles. The highest BCUT2D eigenvalue weighted by Crippen LogP contribution is 2.35. The van der Waals surface area contributed by atoms with E-state index >= 15 is 0 Å². The van der Waals surface area contributed by atoms with Crippen LogP contribution in [-0.2, 0) is 9.53 Å².